The molecule has 0 bridgehead atoms. The van der Waals surface area contributed by atoms with Gasteiger partial charge in [0.1, 0.15) is 0 Å². The van der Waals surface area contributed by atoms with E-state index >= 15 is 0 Å². The Morgan fingerprint density at radius 3 is 2.44 bits per heavy atom. The molecule has 0 N–H and O–H groups in total. The summed E-state index contributed by atoms with van der Waals surface area (Å²) in [5.41, 5.74) is 1.87. The molecule has 0 amide bonds. The van der Waals surface area contributed by atoms with Gasteiger partial charge in [-0.15, -0.1) is 0 Å². The number of methoxy groups -OCH3 is 3. The van der Waals surface area contributed by atoms with Gasteiger partial charge in [0.05, 0.1) is 60.9 Å². The van der Waals surface area contributed by atoms with Crippen molar-refractivity contribution >= 4 is 39.3 Å². The van der Waals surface area contributed by atoms with Crippen LogP contribution in [0.2, 0.25) is 0 Å². The number of carbonyl (C=O) groups is 1. The van der Waals surface area contributed by atoms with E-state index in [-0.39, 0.29) is 17.7 Å². The van der Waals surface area contributed by atoms with E-state index in [1.165, 1.54) is 15.9 Å². The zero-order valence-corrected chi connectivity index (χ0v) is 24.9. The molecule has 0 aliphatic carbocycles. The number of hydrogen-bond donors (Lipinski definition) is 0. The second-order valence-corrected chi connectivity index (χ2v) is 10.2. The molecular formula is C28H29BrN2O7S. The molecule has 2 aromatic carbocycles. The molecule has 206 valence electrons. The van der Waals surface area contributed by atoms with Gasteiger partial charge >= 0.3 is 5.97 Å². The molecule has 0 spiro atoms. The van der Waals surface area contributed by atoms with Crippen LogP contribution in [0, 0.1) is 0 Å². The number of halogens is 1. The number of thiazole rings is 1. The van der Waals surface area contributed by atoms with Crippen LogP contribution >= 0.6 is 27.3 Å². The Kier molecular flexibility index (Phi) is 8.81. The first-order valence-corrected chi connectivity index (χ1v) is 13.8. The Morgan fingerprint density at radius 2 is 1.79 bits per heavy atom. The van der Waals surface area contributed by atoms with E-state index in [9.17, 15) is 9.59 Å². The number of benzene rings is 2. The van der Waals surface area contributed by atoms with Crippen LogP contribution in [0.4, 0.5) is 0 Å². The van der Waals surface area contributed by atoms with Gasteiger partial charge in [0.25, 0.3) is 5.56 Å². The number of carbonyl (C=O) groups excluding carboxylic acids is 1. The maximum absolute atomic E-state index is 13.9. The third-order valence-corrected chi connectivity index (χ3v) is 7.65. The molecule has 0 fully saturated rings. The number of ether oxygens (including phenoxy) is 5. The molecule has 1 aliphatic heterocycles. The molecule has 39 heavy (non-hydrogen) atoms. The first-order chi connectivity index (χ1) is 18.8. The fourth-order valence-electron chi connectivity index (χ4n) is 4.41. The van der Waals surface area contributed by atoms with Crippen LogP contribution in [0.25, 0.3) is 6.08 Å². The summed E-state index contributed by atoms with van der Waals surface area (Å²) in [5.74, 6) is 1.59. The summed E-state index contributed by atoms with van der Waals surface area (Å²) in [4.78, 5) is 32.2. The largest absolute Gasteiger partial charge is 0.493 e. The van der Waals surface area contributed by atoms with Gasteiger partial charge in [-0.1, -0.05) is 17.4 Å². The summed E-state index contributed by atoms with van der Waals surface area (Å²) in [6, 6.07) is 8.20. The Bertz CT molecular complexity index is 1620. The number of hydrogen-bond acceptors (Lipinski definition) is 9. The molecule has 1 atom stereocenters. The second kappa shape index (κ2) is 12.1. The summed E-state index contributed by atoms with van der Waals surface area (Å²) >= 11 is 4.74. The van der Waals surface area contributed by atoms with Crippen molar-refractivity contribution in [2.75, 3.05) is 34.5 Å². The second-order valence-electron chi connectivity index (χ2n) is 8.38. The van der Waals surface area contributed by atoms with Gasteiger partial charge in [-0.25, -0.2) is 9.79 Å². The van der Waals surface area contributed by atoms with E-state index in [0.717, 1.165) is 5.56 Å². The lowest BCUT2D eigenvalue weighted by Gasteiger charge is -2.25. The van der Waals surface area contributed by atoms with Gasteiger partial charge in [0, 0.05) is 0 Å². The van der Waals surface area contributed by atoms with E-state index in [1.807, 2.05) is 19.1 Å². The van der Waals surface area contributed by atoms with Crippen molar-refractivity contribution < 1.29 is 28.5 Å². The van der Waals surface area contributed by atoms with Gasteiger partial charge in [-0.05, 0) is 78.2 Å². The van der Waals surface area contributed by atoms with Crippen molar-refractivity contribution in [3.05, 3.63) is 76.9 Å². The van der Waals surface area contributed by atoms with Crippen molar-refractivity contribution in [3.63, 3.8) is 0 Å². The Labute approximate surface area is 238 Å². The summed E-state index contributed by atoms with van der Waals surface area (Å²) in [5, 5.41) is 0. The van der Waals surface area contributed by atoms with Crippen molar-refractivity contribution in [3.8, 4) is 23.0 Å². The molecule has 1 aliphatic rings. The molecule has 1 aromatic heterocycles. The molecule has 0 radical (unpaired) electrons. The number of rotatable bonds is 9. The standard InChI is InChI=1S/C28H29BrN2O7S/c1-7-37-20-14-17(9-10-19(20)34-4)24-23(27(33)38-8-2)15(3)30-28-31(24)26(32)22(39-28)13-16-11-18(29)25(36-6)21(12-16)35-5/h9-14,24H,7-8H2,1-6H3/b22-13-/t24-/m1/s1. The number of nitrogens with zero attached hydrogens (tertiary/aromatic N) is 2. The first kappa shape index (κ1) is 28.4. The summed E-state index contributed by atoms with van der Waals surface area (Å²) in [6.07, 6.45) is 1.76. The van der Waals surface area contributed by atoms with E-state index < -0.39 is 12.0 Å². The third kappa shape index (κ3) is 5.46. The Morgan fingerprint density at radius 1 is 1.05 bits per heavy atom. The van der Waals surface area contributed by atoms with Crippen LogP contribution in [-0.4, -0.2) is 45.1 Å². The highest BCUT2D eigenvalue weighted by atomic mass is 79.9. The topological polar surface area (TPSA) is 97.6 Å². The summed E-state index contributed by atoms with van der Waals surface area (Å²) in [6.45, 7) is 5.96. The van der Waals surface area contributed by atoms with Crippen molar-refractivity contribution in [2.45, 2.75) is 26.8 Å². The van der Waals surface area contributed by atoms with E-state index in [2.05, 4.69) is 20.9 Å². The third-order valence-electron chi connectivity index (χ3n) is 6.07. The maximum atomic E-state index is 13.9. The van der Waals surface area contributed by atoms with Crippen LogP contribution in [0.1, 0.15) is 37.9 Å². The normalized spacial score (nSPS) is 14.9. The quantitative estimate of drug-likeness (QED) is 0.335. The molecular weight excluding hydrogens is 588 g/mol. The van der Waals surface area contributed by atoms with Gasteiger partial charge in [-0.2, -0.15) is 0 Å². The van der Waals surface area contributed by atoms with Gasteiger partial charge < -0.3 is 23.7 Å². The molecule has 4 rings (SSSR count). The van der Waals surface area contributed by atoms with Crippen LogP contribution < -0.4 is 33.8 Å². The van der Waals surface area contributed by atoms with E-state index in [1.54, 1.807) is 59.5 Å². The molecule has 2 heterocycles. The molecule has 0 saturated heterocycles. The number of fused-ring (bicyclic) bond motifs is 1. The number of aromatic nitrogens is 1. The van der Waals surface area contributed by atoms with E-state index in [0.29, 0.717) is 54.7 Å². The fraction of sp³-hybridized carbons (Fsp3) is 0.321. The SMILES string of the molecule is CCOC(=O)C1=C(C)N=c2s/c(=C\c3cc(Br)c(OC)c(OC)c3)c(=O)n2[C@@H]1c1ccc(OC)c(OCC)c1. The highest BCUT2D eigenvalue weighted by Gasteiger charge is 2.34. The molecule has 0 saturated carbocycles. The summed E-state index contributed by atoms with van der Waals surface area (Å²) < 4.78 is 30.1. The lowest BCUT2D eigenvalue weighted by molar-refractivity contribution is -0.139. The van der Waals surface area contributed by atoms with Gasteiger partial charge in [0.15, 0.2) is 27.8 Å². The summed E-state index contributed by atoms with van der Waals surface area (Å²) in [7, 11) is 4.66. The predicted molar refractivity (Wildman–Crippen MR) is 152 cm³/mol. The van der Waals surface area contributed by atoms with Gasteiger partial charge in [-0.3, -0.25) is 9.36 Å². The highest BCUT2D eigenvalue weighted by Crippen LogP contribution is 2.37. The minimum atomic E-state index is -0.773. The monoisotopic (exact) mass is 616 g/mol. The molecule has 3 aromatic rings. The van der Waals surface area contributed by atoms with E-state index in [4.69, 9.17) is 23.7 Å². The lowest BCUT2D eigenvalue weighted by Crippen LogP contribution is -2.40. The van der Waals surface area contributed by atoms with Crippen LogP contribution in [0.15, 0.2) is 55.9 Å². The Hall–Kier alpha value is -3.57. The van der Waals surface area contributed by atoms with Gasteiger partial charge in [0.2, 0.25) is 0 Å². The zero-order chi connectivity index (χ0) is 28.3. The molecule has 9 nitrogen and oxygen atoms in total. The minimum absolute atomic E-state index is 0.188. The van der Waals surface area contributed by atoms with Crippen molar-refractivity contribution in [1.29, 1.82) is 0 Å². The minimum Gasteiger partial charge on any atom is -0.493 e. The fourth-order valence-corrected chi connectivity index (χ4v) is 6.08. The van der Waals surface area contributed by atoms with Crippen LogP contribution in [0.5, 0.6) is 23.0 Å². The zero-order valence-electron chi connectivity index (χ0n) is 22.5. The van der Waals surface area contributed by atoms with Crippen LogP contribution in [0.3, 0.4) is 0 Å². The number of esters is 1. The Balaban J connectivity index is 1.96. The highest BCUT2D eigenvalue weighted by molar-refractivity contribution is 9.10. The average molecular weight is 618 g/mol. The van der Waals surface area contributed by atoms with Crippen molar-refractivity contribution in [2.24, 2.45) is 4.99 Å². The molecule has 11 heteroatoms. The first-order valence-electron chi connectivity index (χ1n) is 12.2. The smallest absolute Gasteiger partial charge is 0.338 e. The predicted octanol–water partition coefficient (Wildman–Crippen LogP) is 3.99. The van der Waals surface area contributed by atoms with Crippen molar-refractivity contribution in [1.82, 2.24) is 4.57 Å². The maximum Gasteiger partial charge on any atom is 0.338 e. The average Bonchev–Trinajstić information content (AvgIpc) is 3.21. The molecule has 0 unspecified atom stereocenters. The van der Waals surface area contributed by atoms with Crippen LogP contribution in [-0.2, 0) is 9.53 Å². The number of allylic oxidation sites excluding steroid dienone is 1. The lowest BCUT2D eigenvalue weighted by atomic mass is 9.95.